The van der Waals surface area contributed by atoms with E-state index in [0.717, 1.165) is 5.69 Å². The number of benzene rings is 2. The van der Waals surface area contributed by atoms with Crippen molar-refractivity contribution in [2.45, 2.75) is 13.0 Å². The van der Waals surface area contributed by atoms with Gasteiger partial charge in [0, 0.05) is 23.3 Å². The first kappa shape index (κ1) is 19.0. The van der Waals surface area contributed by atoms with Gasteiger partial charge >= 0.3 is 0 Å². The standard InChI is InChI=1S/C21H18NO2.HI/c23-20(17-9-3-1-4-10-17)15-19-13-7-8-14-22(19)16-21(24)18-11-5-2-6-12-18;/h1-14H,15-16H2;1H/q+1;/p-1. The average molecular weight is 443 g/mol. The first-order chi connectivity index (χ1) is 11.7. The molecule has 0 spiro atoms. The molecule has 0 N–H and O–H groups in total. The van der Waals surface area contributed by atoms with Gasteiger partial charge in [-0.3, -0.25) is 9.59 Å². The van der Waals surface area contributed by atoms with E-state index in [1.54, 1.807) is 12.1 Å². The number of ketones is 2. The second-order valence-electron chi connectivity index (χ2n) is 5.58. The lowest BCUT2D eigenvalue weighted by atomic mass is 10.1. The summed E-state index contributed by atoms with van der Waals surface area (Å²) in [5, 5.41) is 0. The smallest absolute Gasteiger partial charge is 0.227 e. The quantitative estimate of drug-likeness (QED) is 0.312. The topological polar surface area (TPSA) is 38.0 Å². The summed E-state index contributed by atoms with van der Waals surface area (Å²) in [7, 11) is 0. The Bertz CT molecular complexity index is 776. The van der Waals surface area contributed by atoms with Gasteiger partial charge in [-0.2, -0.15) is 4.57 Å². The molecule has 4 heteroatoms. The Hall–Kier alpha value is -2.34. The van der Waals surface area contributed by atoms with Crippen molar-refractivity contribution in [2.24, 2.45) is 0 Å². The summed E-state index contributed by atoms with van der Waals surface area (Å²) in [5.74, 6) is 0.0721. The third-order valence-electron chi connectivity index (χ3n) is 3.88. The molecule has 0 aliphatic heterocycles. The third-order valence-corrected chi connectivity index (χ3v) is 3.88. The van der Waals surface area contributed by atoms with Gasteiger partial charge in [0.25, 0.3) is 0 Å². The predicted molar refractivity (Wildman–Crippen MR) is 91.9 cm³/mol. The van der Waals surface area contributed by atoms with Crippen LogP contribution in [0.1, 0.15) is 26.4 Å². The van der Waals surface area contributed by atoms with Gasteiger partial charge in [0.05, 0.1) is 6.42 Å². The van der Waals surface area contributed by atoms with Gasteiger partial charge in [0.2, 0.25) is 12.3 Å². The second kappa shape index (κ2) is 9.22. The molecule has 3 rings (SSSR count). The molecule has 0 amide bonds. The van der Waals surface area contributed by atoms with Crippen molar-refractivity contribution in [3.05, 3.63) is 102 Å². The van der Waals surface area contributed by atoms with E-state index >= 15 is 0 Å². The number of carbonyl (C=O) groups is 2. The van der Waals surface area contributed by atoms with Crippen molar-refractivity contribution in [3.8, 4) is 0 Å². The lowest BCUT2D eigenvalue weighted by Crippen LogP contribution is -3.00. The molecule has 3 nitrogen and oxygen atoms in total. The van der Waals surface area contributed by atoms with Gasteiger partial charge in [-0.15, -0.1) is 0 Å². The van der Waals surface area contributed by atoms with E-state index in [1.807, 2.05) is 77.5 Å². The number of aromatic nitrogens is 1. The highest BCUT2D eigenvalue weighted by molar-refractivity contribution is 5.97. The minimum absolute atomic E-state index is 0. The Labute approximate surface area is 164 Å². The van der Waals surface area contributed by atoms with Crippen molar-refractivity contribution in [2.75, 3.05) is 0 Å². The number of carbonyl (C=O) groups excluding carboxylic acids is 2. The molecule has 3 aromatic rings. The lowest BCUT2D eigenvalue weighted by molar-refractivity contribution is -0.690. The summed E-state index contributed by atoms with van der Waals surface area (Å²) in [4.78, 5) is 24.8. The molecule has 0 radical (unpaired) electrons. The van der Waals surface area contributed by atoms with Crippen molar-refractivity contribution in [1.82, 2.24) is 0 Å². The number of Topliss-reactive ketones (excluding diaryl/α,β-unsaturated/α-hetero) is 2. The molecular weight excluding hydrogens is 425 g/mol. The summed E-state index contributed by atoms with van der Waals surface area (Å²) in [6.07, 6.45) is 2.11. The summed E-state index contributed by atoms with van der Waals surface area (Å²) < 4.78 is 1.84. The first-order valence-electron chi connectivity index (χ1n) is 7.88. The zero-order chi connectivity index (χ0) is 16.8. The normalized spacial score (nSPS) is 9.92. The summed E-state index contributed by atoms with van der Waals surface area (Å²) in [6, 6.07) is 24.1. The molecule has 126 valence electrons. The number of rotatable bonds is 6. The molecule has 0 aliphatic carbocycles. The Morgan fingerprint density at radius 2 is 1.20 bits per heavy atom. The van der Waals surface area contributed by atoms with Crippen LogP contribution in [0.25, 0.3) is 0 Å². The van der Waals surface area contributed by atoms with E-state index in [2.05, 4.69) is 0 Å². The Morgan fingerprint density at radius 1 is 0.680 bits per heavy atom. The fourth-order valence-electron chi connectivity index (χ4n) is 2.59. The highest BCUT2D eigenvalue weighted by Gasteiger charge is 2.18. The van der Waals surface area contributed by atoms with Gasteiger partial charge in [-0.1, -0.05) is 66.7 Å². The van der Waals surface area contributed by atoms with Crippen LogP contribution in [0.2, 0.25) is 0 Å². The van der Waals surface area contributed by atoms with Gasteiger partial charge in [0.1, 0.15) is 0 Å². The van der Waals surface area contributed by atoms with Gasteiger partial charge in [0.15, 0.2) is 17.7 Å². The zero-order valence-corrected chi connectivity index (χ0v) is 15.8. The number of hydrogen-bond acceptors (Lipinski definition) is 2. The lowest BCUT2D eigenvalue weighted by Gasteiger charge is -2.04. The van der Waals surface area contributed by atoms with Crippen molar-refractivity contribution in [3.63, 3.8) is 0 Å². The molecule has 1 aromatic heterocycles. The summed E-state index contributed by atoms with van der Waals surface area (Å²) in [5.41, 5.74) is 2.19. The highest BCUT2D eigenvalue weighted by atomic mass is 127. The molecule has 0 atom stereocenters. The molecular formula is C21H18INO2. The SMILES string of the molecule is O=C(Cc1cccc[n+]1CC(=O)c1ccccc1)c1ccccc1.[I-]. The van der Waals surface area contributed by atoms with Crippen LogP contribution in [0.5, 0.6) is 0 Å². The predicted octanol–water partition coefficient (Wildman–Crippen LogP) is 0.286. The van der Waals surface area contributed by atoms with E-state index in [4.69, 9.17) is 0 Å². The number of nitrogens with zero attached hydrogens (tertiary/aromatic N) is 1. The van der Waals surface area contributed by atoms with Crippen molar-refractivity contribution >= 4 is 11.6 Å². The van der Waals surface area contributed by atoms with Crippen LogP contribution < -0.4 is 28.5 Å². The molecule has 0 bridgehead atoms. The minimum atomic E-state index is 0. The van der Waals surface area contributed by atoms with Crippen molar-refractivity contribution in [1.29, 1.82) is 0 Å². The van der Waals surface area contributed by atoms with Crippen molar-refractivity contribution < 1.29 is 38.1 Å². The number of hydrogen-bond donors (Lipinski definition) is 0. The van der Waals surface area contributed by atoms with E-state index in [1.165, 1.54) is 0 Å². The largest absolute Gasteiger partial charge is 1.00 e. The average Bonchev–Trinajstić information content (AvgIpc) is 2.64. The second-order valence-corrected chi connectivity index (χ2v) is 5.58. The van der Waals surface area contributed by atoms with Crippen LogP contribution in [0, 0.1) is 0 Å². The molecule has 0 fully saturated rings. The van der Waals surface area contributed by atoms with Crippen LogP contribution in [0.3, 0.4) is 0 Å². The molecule has 2 aromatic carbocycles. The maximum absolute atomic E-state index is 12.4. The van der Waals surface area contributed by atoms with E-state index < -0.39 is 0 Å². The van der Waals surface area contributed by atoms with E-state index in [0.29, 0.717) is 11.1 Å². The van der Waals surface area contributed by atoms with Crippen LogP contribution in [-0.4, -0.2) is 11.6 Å². The molecule has 25 heavy (non-hydrogen) atoms. The van der Waals surface area contributed by atoms with Crippen LogP contribution in [0.15, 0.2) is 85.1 Å². The van der Waals surface area contributed by atoms with Gasteiger partial charge in [-0.25, -0.2) is 0 Å². The van der Waals surface area contributed by atoms with Crippen LogP contribution in [0.4, 0.5) is 0 Å². The Morgan fingerprint density at radius 3 is 1.80 bits per heavy atom. The molecule has 1 heterocycles. The minimum Gasteiger partial charge on any atom is -1.00 e. The van der Waals surface area contributed by atoms with E-state index in [9.17, 15) is 9.59 Å². The fourth-order valence-corrected chi connectivity index (χ4v) is 2.59. The Kier molecular flexibility index (Phi) is 7.01. The number of halogens is 1. The molecule has 0 aliphatic rings. The Balaban J connectivity index is 0.00000225. The highest BCUT2D eigenvalue weighted by Crippen LogP contribution is 2.06. The maximum atomic E-state index is 12.4. The molecule has 0 saturated heterocycles. The molecule has 0 saturated carbocycles. The monoisotopic (exact) mass is 443 g/mol. The van der Waals surface area contributed by atoms with Gasteiger partial charge < -0.3 is 24.0 Å². The van der Waals surface area contributed by atoms with E-state index in [-0.39, 0.29) is 48.5 Å². The first-order valence-corrected chi connectivity index (χ1v) is 7.88. The van der Waals surface area contributed by atoms with Crippen LogP contribution >= 0.6 is 0 Å². The summed E-state index contributed by atoms with van der Waals surface area (Å²) >= 11 is 0. The van der Waals surface area contributed by atoms with Crippen LogP contribution in [-0.2, 0) is 13.0 Å². The zero-order valence-electron chi connectivity index (χ0n) is 13.6. The summed E-state index contributed by atoms with van der Waals surface area (Å²) in [6.45, 7) is 0.224. The number of pyridine rings is 1. The maximum Gasteiger partial charge on any atom is 0.227 e. The molecule has 0 unspecified atom stereocenters. The third kappa shape index (κ3) is 5.06. The fraction of sp³-hybridized carbons (Fsp3) is 0.0952. The van der Waals surface area contributed by atoms with Gasteiger partial charge in [-0.05, 0) is 0 Å².